The molecule has 0 aliphatic carbocycles. The maximum Gasteiger partial charge on any atom is 0.319 e. The molecule has 2 rings (SSSR count). The van der Waals surface area contributed by atoms with Crippen molar-refractivity contribution in [2.24, 2.45) is 0 Å². The van der Waals surface area contributed by atoms with Crippen LogP contribution >= 0.6 is 11.8 Å². The summed E-state index contributed by atoms with van der Waals surface area (Å²) in [5, 5.41) is 15.1. The monoisotopic (exact) mass is 266 g/mol. The van der Waals surface area contributed by atoms with Crippen LogP contribution in [-0.4, -0.2) is 28.7 Å². The fourth-order valence-electron chi connectivity index (χ4n) is 1.85. The number of rotatable bonds is 3. The van der Waals surface area contributed by atoms with Crippen molar-refractivity contribution in [3.63, 3.8) is 0 Å². The highest BCUT2D eigenvalue weighted by Gasteiger charge is 2.17. The molecule has 2 atom stereocenters. The molecule has 2 unspecified atom stereocenters. The number of thioether (sulfide) groups is 1. The van der Waals surface area contributed by atoms with E-state index in [0.29, 0.717) is 0 Å². The molecular formula is C13H18N2O2S. The second kappa shape index (κ2) is 6.11. The van der Waals surface area contributed by atoms with Crippen molar-refractivity contribution in [3.8, 4) is 0 Å². The first-order chi connectivity index (χ1) is 8.65. The van der Waals surface area contributed by atoms with Crippen molar-refractivity contribution in [2.45, 2.75) is 25.5 Å². The van der Waals surface area contributed by atoms with Gasteiger partial charge in [-0.2, -0.15) is 11.8 Å². The summed E-state index contributed by atoms with van der Waals surface area (Å²) in [7, 11) is 0. The molecule has 1 aromatic carbocycles. The first-order valence-electron chi connectivity index (χ1n) is 6.08. The van der Waals surface area contributed by atoms with Crippen LogP contribution in [0.5, 0.6) is 0 Å². The first-order valence-corrected chi connectivity index (χ1v) is 7.24. The van der Waals surface area contributed by atoms with E-state index in [2.05, 4.69) is 10.6 Å². The molecule has 0 spiro atoms. The second-order valence-electron chi connectivity index (χ2n) is 4.46. The molecule has 1 saturated heterocycles. The average molecular weight is 266 g/mol. The topological polar surface area (TPSA) is 61.4 Å². The Morgan fingerprint density at radius 3 is 2.72 bits per heavy atom. The van der Waals surface area contributed by atoms with Crippen molar-refractivity contribution >= 4 is 23.5 Å². The SMILES string of the molecule is CC(O)c1ccc(NC(=O)NC2CCSC2)cc1. The van der Waals surface area contributed by atoms with Crippen LogP contribution in [0.3, 0.4) is 0 Å². The number of carbonyl (C=O) groups excluding carboxylic acids is 1. The van der Waals surface area contributed by atoms with E-state index in [4.69, 9.17) is 0 Å². The fraction of sp³-hybridized carbons (Fsp3) is 0.462. The normalized spacial score (nSPS) is 20.4. The lowest BCUT2D eigenvalue weighted by molar-refractivity contribution is 0.199. The minimum atomic E-state index is -0.483. The molecule has 4 nitrogen and oxygen atoms in total. The quantitative estimate of drug-likeness (QED) is 0.787. The number of amides is 2. The number of anilines is 1. The number of hydrogen-bond acceptors (Lipinski definition) is 3. The smallest absolute Gasteiger partial charge is 0.319 e. The number of aliphatic hydroxyl groups excluding tert-OH is 1. The predicted octanol–water partition coefficient (Wildman–Crippen LogP) is 2.37. The van der Waals surface area contributed by atoms with Gasteiger partial charge in [-0.3, -0.25) is 0 Å². The number of benzene rings is 1. The average Bonchev–Trinajstić information content (AvgIpc) is 2.82. The van der Waals surface area contributed by atoms with Crippen LogP contribution in [0.1, 0.15) is 25.0 Å². The first kappa shape index (κ1) is 13.2. The molecule has 5 heteroatoms. The van der Waals surface area contributed by atoms with Crippen LogP contribution in [0.15, 0.2) is 24.3 Å². The van der Waals surface area contributed by atoms with Crippen LogP contribution in [0, 0.1) is 0 Å². The Bertz CT molecular complexity index is 400. The van der Waals surface area contributed by atoms with Gasteiger partial charge in [0.15, 0.2) is 0 Å². The molecular weight excluding hydrogens is 248 g/mol. The number of urea groups is 1. The van der Waals surface area contributed by atoms with E-state index in [1.165, 1.54) is 0 Å². The minimum Gasteiger partial charge on any atom is -0.389 e. The Hall–Kier alpha value is -1.20. The third-order valence-electron chi connectivity index (χ3n) is 2.92. The van der Waals surface area contributed by atoms with Crippen LogP contribution in [-0.2, 0) is 0 Å². The van der Waals surface area contributed by atoms with E-state index >= 15 is 0 Å². The van der Waals surface area contributed by atoms with Gasteiger partial charge in [-0.15, -0.1) is 0 Å². The third-order valence-corrected chi connectivity index (χ3v) is 4.08. The fourth-order valence-corrected chi connectivity index (χ4v) is 3.00. The van der Waals surface area contributed by atoms with E-state index in [1.54, 1.807) is 19.1 Å². The summed E-state index contributed by atoms with van der Waals surface area (Å²) < 4.78 is 0. The molecule has 1 aromatic rings. The molecule has 3 N–H and O–H groups in total. The standard InChI is InChI=1S/C13H18N2O2S/c1-9(16)10-2-4-11(5-3-10)14-13(17)15-12-6-7-18-8-12/h2-5,9,12,16H,6-8H2,1H3,(H2,14,15,17). The number of hydrogen-bond donors (Lipinski definition) is 3. The van der Waals surface area contributed by atoms with E-state index in [-0.39, 0.29) is 12.1 Å². The molecule has 1 heterocycles. The lowest BCUT2D eigenvalue weighted by Crippen LogP contribution is -2.37. The maximum atomic E-state index is 11.7. The van der Waals surface area contributed by atoms with Gasteiger partial charge in [0.05, 0.1) is 6.10 Å². The van der Waals surface area contributed by atoms with Crippen LogP contribution in [0.2, 0.25) is 0 Å². The van der Waals surface area contributed by atoms with Gasteiger partial charge in [0.2, 0.25) is 0 Å². The molecule has 2 amide bonds. The number of carbonyl (C=O) groups is 1. The Balaban J connectivity index is 1.86. The van der Waals surface area contributed by atoms with Gasteiger partial charge in [-0.05, 0) is 36.8 Å². The molecule has 0 saturated carbocycles. The van der Waals surface area contributed by atoms with Crippen molar-refractivity contribution in [2.75, 3.05) is 16.8 Å². The van der Waals surface area contributed by atoms with E-state index in [0.717, 1.165) is 29.2 Å². The van der Waals surface area contributed by atoms with Crippen LogP contribution < -0.4 is 10.6 Å². The number of aliphatic hydroxyl groups is 1. The molecule has 0 aromatic heterocycles. The molecule has 98 valence electrons. The maximum absolute atomic E-state index is 11.7. The summed E-state index contributed by atoms with van der Waals surface area (Å²) in [6.07, 6.45) is 0.558. The molecule has 18 heavy (non-hydrogen) atoms. The van der Waals surface area contributed by atoms with Gasteiger partial charge < -0.3 is 15.7 Å². The van der Waals surface area contributed by atoms with E-state index in [9.17, 15) is 9.90 Å². The largest absolute Gasteiger partial charge is 0.389 e. The van der Waals surface area contributed by atoms with Crippen molar-refractivity contribution in [1.82, 2.24) is 5.32 Å². The summed E-state index contributed by atoms with van der Waals surface area (Å²) in [5.41, 5.74) is 1.58. The summed E-state index contributed by atoms with van der Waals surface area (Å²) in [4.78, 5) is 11.7. The van der Waals surface area contributed by atoms with Gasteiger partial charge in [0.25, 0.3) is 0 Å². The van der Waals surface area contributed by atoms with Crippen molar-refractivity contribution in [1.29, 1.82) is 0 Å². The van der Waals surface area contributed by atoms with E-state index < -0.39 is 6.10 Å². The predicted molar refractivity (Wildman–Crippen MR) is 75.0 cm³/mol. The Morgan fingerprint density at radius 2 is 2.17 bits per heavy atom. The Labute approximate surface area is 111 Å². The zero-order valence-corrected chi connectivity index (χ0v) is 11.2. The van der Waals surface area contributed by atoms with Crippen molar-refractivity contribution in [3.05, 3.63) is 29.8 Å². The lowest BCUT2D eigenvalue weighted by Gasteiger charge is -2.13. The van der Waals surface area contributed by atoms with Crippen LogP contribution in [0.25, 0.3) is 0 Å². The summed E-state index contributed by atoms with van der Waals surface area (Å²) in [6.45, 7) is 1.72. The number of nitrogens with one attached hydrogen (secondary N) is 2. The van der Waals surface area contributed by atoms with Gasteiger partial charge in [-0.25, -0.2) is 4.79 Å². The van der Waals surface area contributed by atoms with Crippen LogP contribution in [0.4, 0.5) is 10.5 Å². The molecule has 1 aliphatic heterocycles. The highest BCUT2D eigenvalue weighted by atomic mass is 32.2. The Kier molecular flexibility index (Phi) is 4.49. The zero-order chi connectivity index (χ0) is 13.0. The summed E-state index contributed by atoms with van der Waals surface area (Å²) in [5.74, 6) is 2.11. The summed E-state index contributed by atoms with van der Waals surface area (Å²) >= 11 is 1.87. The van der Waals surface area contributed by atoms with Gasteiger partial charge in [-0.1, -0.05) is 12.1 Å². The second-order valence-corrected chi connectivity index (χ2v) is 5.61. The minimum absolute atomic E-state index is 0.160. The molecule has 1 fully saturated rings. The molecule has 0 bridgehead atoms. The highest BCUT2D eigenvalue weighted by molar-refractivity contribution is 7.99. The van der Waals surface area contributed by atoms with E-state index in [1.807, 2.05) is 23.9 Å². The zero-order valence-electron chi connectivity index (χ0n) is 10.3. The molecule has 1 aliphatic rings. The van der Waals surface area contributed by atoms with Gasteiger partial charge in [0.1, 0.15) is 0 Å². The lowest BCUT2D eigenvalue weighted by atomic mass is 10.1. The van der Waals surface area contributed by atoms with Crippen molar-refractivity contribution < 1.29 is 9.90 Å². The van der Waals surface area contributed by atoms with Gasteiger partial charge >= 0.3 is 6.03 Å². The Morgan fingerprint density at radius 1 is 1.44 bits per heavy atom. The highest BCUT2D eigenvalue weighted by Crippen LogP contribution is 2.18. The molecule has 0 radical (unpaired) electrons. The van der Waals surface area contributed by atoms with Gasteiger partial charge in [0, 0.05) is 17.5 Å². The summed E-state index contributed by atoms with van der Waals surface area (Å²) in [6, 6.07) is 7.34. The third kappa shape index (κ3) is 3.65.